The second-order valence-corrected chi connectivity index (χ2v) is 8.25. The van der Waals surface area contributed by atoms with Crippen molar-refractivity contribution in [2.24, 2.45) is 0 Å². The number of aromatic nitrogens is 1. The average molecular weight is 429 g/mol. The Labute approximate surface area is 178 Å². The second kappa shape index (κ2) is 9.36. The molecular formula is C21H24N4O4S. The highest BCUT2D eigenvalue weighted by Gasteiger charge is 2.34. The van der Waals surface area contributed by atoms with E-state index in [9.17, 15) is 14.4 Å². The van der Waals surface area contributed by atoms with Crippen LogP contribution in [0.4, 0.5) is 5.13 Å². The number of anilines is 1. The van der Waals surface area contributed by atoms with Crippen LogP contribution >= 0.6 is 11.3 Å². The highest BCUT2D eigenvalue weighted by atomic mass is 32.1. The number of morpholine rings is 1. The zero-order valence-corrected chi connectivity index (χ0v) is 17.4. The van der Waals surface area contributed by atoms with Gasteiger partial charge in [0.05, 0.1) is 25.3 Å². The summed E-state index contributed by atoms with van der Waals surface area (Å²) in [7, 11) is 0. The predicted molar refractivity (Wildman–Crippen MR) is 112 cm³/mol. The van der Waals surface area contributed by atoms with Crippen molar-refractivity contribution in [3.63, 3.8) is 0 Å². The largest absolute Gasteiger partial charge is 0.378 e. The molecule has 1 aromatic carbocycles. The molecule has 2 aromatic rings. The van der Waals surface area contributed by atoms with E-state index in [1.165, 1.54) is 11.3 Å². The van der Waals surface area contributed by atoms with Crippen molar-refractivity contribution in [1.29, 1.82) is 0 Å². The van der Waals surface area contributed by atoms with Gasteiger partial charge >= 0.3 is 0 Å². The number of carbonyl (C=O) groups is 3. The molecule has 1 aliphatic heterocycles. The minimum atomic E-state index is -0.286. The predicted octanol–water partition coefficient (Wildman–Crippen LogP) is 1.79. The van der Waals surface area contributed by atoms with E-state index >= 15 is 0 Å². The van der Waals surface area contributed by atoms with Crippen LogP contribution in [0.1, 0.15) is 28.9 Å². The Balaban J connectivity index is 1.32. The summed E-state index contributed by atoms with van der Waals surface area (Å²) in [5.41, 5.74) is 1.21. The van der Waals surface area contributed by atoms with Crippen molar-refractivity contribution in [3.8, 4) is 0 Å². The van der Waals surface area contributed by atoms with Crippen molar-refractivity contribution in [3.05, 3.63) is 47.0 Å². The summed E-state index contributed by atoms with van der Waals surface area (Å²) in [6, 6.07) is 9.11. The van der Waals surface area contributed by atoms with Gasteiger partial charge in [-0.1, -0.05) is 18.2 Å². The Morgan fingerprint density at radius 2 is 1.90 bits per heavy atom. The number of nitrogens with one attached hydrogen (secondary N) is 1. The molecule has 9 heteroatoms. The maximum absolute atomic E-state index is 12.8. The monoisotopic (exact) mass is 428 g/mol. The maximum Gasteiger partial charge on any atom is 0.254 e. The van der Waals surface area contributed by atoms with Crippen LogP contribution in [0.3, 0.4) is 0 Å². The lowest BCUT2D eigenvalue weighted by Crippen LogP contribution is -2.41. The third-order valence-electron chi connectivity index (χ3n) is 5.08. The molecule has 2 heterocycles. The highest BCUT2D eigenvalue weighted by molar-refractivity contribution is 7.13. The summed E-state index contributed by atoms with van der Waals surface area (Å²) in [5.74, 6) is -0.411. The second-order valence-electron chi connectivity index (χ2n) is 7.39. The minimum Gasteiger partial charge on any atom is -0.378 e. The molecule has 0 radical (unpaired) electrons. The van der Waals surface area contributed by atoms with Gasteiger partial charge < -0.3 is 19.9 Å². The summed E-state index contributed by atoms with van der Waals surface area (Å²) in [6.07, 6.45) is 2.03. The Hall–Kier alpha value is -2.78. The first-order chi connectivity index (χ1) is 14.6. The zero-order valence-electron chi connectivity index (χ0n) is 16.6. The van der Waals surface area contributed by atoms with Gasteiger partial charge in [0.25, 0.3) is 5.91 Å². The molecule has 4 rings (SSSR count). The number of carbonyl (C=O) groups excluding carboxylic acids is 3. The maximum atomic E-state index is 12.8. The number of thiazole rings is 1. The number of hydrogen-bond donors (Lipinski definition) is 1. The van der Waals surface area contributed by atoms with Gasteiger partial charge in [0.2, 0.25) is 11.8 Å². The van der Waals surface area contributed by atoms with Gasteiger partial charge in [-0.15, -0.1) is 11.3 Å². The number of ether oxygens (including phenoxy) is 1. The molecule has 1 aliphatic carbocycles. The van der Waals surface area contributed by atoms with Crippen LogP contribution in [0.5, 0.6) is 0 Å². The summed E-state index contributed by atoms with van der Waals surface area (Å²) >= 11 is 1.28. The molecule has 1 aromatic heterocycles. The third kappa shape index (κ3) is 5.22. The topological polar surface area (TPSA) is 91.8 Å². The molecule has 0 bridgehead atoms. The molecule has 0 atom stereocenters. The van der Waals surface area contributed by atoms with Gasteiger partial charge in [0, 0.05) is 30.1 Å². The van der Waals surface area contributed by atoms with E-state index < -0.39 is 0 Å². The summed E-state index contributed by atoms with van der Waals surface area (Å²) < 4.78 is 5.26. The van der Waals surface area contributed by atoms with Gasteiger partial charge in [-0.3, -0.25) is 14.4 Å². The molecule has 0 unspecified atom stereocenters. The first kappa shape index (κ1) is 20.5. The lowest BCUT2D eigenvalue weighted by atomic mass is 10.2. The van der Waals surface area contributed by atoms with Gasteiger partial charge in [0.15, 0.2) is 5.13 Å². The van der Waals surface area contributed by atoms with Crippen molar-refractivity contribution in [2.75, 3.05) is 38.2 Å². The van der Waals surface area contributed by atoms with Crippen LogP contribution in [0, 0.1) is 0 Å². The van der Waals surface area contributed by atoms with Gasteiger partial charge in [-0.05, 0) is 25.0 Å². The van der Waals surface area contributed by atoms with E-state index in [1.54, 1.807) is 27.3 Å². The molecule has 1 N–H and O–H groups in total. The molecule has 1 saturated heterocycles. The van der Waals surface area contributed by atoms with Crippen molar-refractivity contribution >= 4 is 34.2 Å². The van der Waals surface area contributed by atoms with E-state index in [4.69, 9.17) is 4.74 Å². The van der Waals surface area contributed by atoms with Gasteiger partial charge in [0.1, 0.15) is 6.54 Å². The molecule has 8 nitrogen and oxygen atoms in total. The number of rotatable bonds is 7. The fourth-order valence-corrected chi connectivity index (χ4v) is 4.06. The van der Waals surface area contributed by atoms with Crippen molar-refractivity contribution < 1.29 is 19.1 Å². The molecule has 2 fully saturated rings. The average Bonchev–Trinajstić information content (AvgIpc) is 3.53. The minimum absolute atomic E-state index is 0.00911. The van der Waals surface area contributed by atoms with E-state index in [2.05, 4.69) is 10.3 Å². The SMILES string of the molecule is O=C(CN(C(=O)c1ccccc1)C1CC1)Nc1nc(CC(=O)N2CCOCC2)cs1. The summed E-state index contributed by atoms with van der Waals surface area (Å²) in [4.78, 5) is 45.4. The Morgan fingerprint density at radius 3 is 2.60 bits per heavy atom. The van der Waals surface area contributed by atoms with Crippen LogP contribution in [-0.2, 0) is 20.7 Å². The van der Waals surface area contributed by atoms with E-state index in [-0.39, 0.29) is 36.7 Å². The molecular weight excluding hydrogens is 404 g/mol. The van der Waals surface area contributed by atoms with E-state index in [1.807, 2.05) is 18.2 Å². The highest BCUT2D eigenvalue weighted by Crippen LogP contribution is 2.28. The number of nitrogens with zero attached hydrogens (tertiary/aromatic N) is 3. The molecule has 1 saturated carbocycles. The van der Waals surface area contributed by atoms with Gasteiger partial charge in [-0.25, -0.2) is 4.98 Å². The van der Waals surface area contributed by atoms with E-state index in [0.717, 1.165) is 12.8 Å². The quantitative estimate of drug-likeness (QED) is 0.726. The molecule has 2 aliphatic rings. The van der Waals surface area contributed by atoms with Gasteiger partial charge in [-0.2, -0.15) is 0 Å². The molecule has 158 valence electrons. The molecule has 3 amide bonds. The lowest BCUT2D eigenvalue weighted by Gasteiger charge is -2.26. The van der Waals surface area contributed by atoms with Crippen LogP contribution < -0.4 is 5.32 Å². The fourth-order valence-electron chi connectivity index (χ4n) is 3.34. The van der Waals surface area contributed by atoms with Crippen LogP contribution in [0.25, 0.3) is 0 Å². The molecule has 0 spiro atoms. The third-order valence-corrected chi connectivity index (χ3v) is 5.88. The Morgan fingerprint density at radius 1 is 1.17 bits per heavy atom. The van der Waals surface area contributed by atoms with Crippen molar-refractivity contribution in [1.82, 2.24) is 14.8 Å². The first-order valence-corrected chi connectivity index (χ1v) is 10.9. The molecule has 30 heavy (non-hydrogen) atoms. The summed E-state index contributed by atoms with van der Waals surface area (Å²) in [5, 5.41) is 4.98. The zero-order chi connectivity index (χ0) is 20.9. The van der Waals surface area contributed by atoms with Crippen molar-refractivity contribution in [2.45, 2.75) is 25.3 Å². The van der Waals surface area contributed by atoms with Crippen LogP contribution in [0.2, 0.25) is 0 Å². The fraction of sp³-hybridized carbons (Fsp3) is 0.429. The normalized spacial score (nSPS) is 16.2. The number of hydrogen-bond acceptors (Lipinski definition) is 6. The Kier molecular flexibility index (Phi) is 6.39. The smallest absolute Gasteiger partial charge is 0.254 e. The number of benzene rings is 1. The lowest BCUT2D eigenvalue weighted by molar-refractivity contribution is -0.134. The Bertz CT molecular complexity index is 907. The number of amides is 3. The standard InChI is InChI=1S/C21H24N4O4S/c26-18(13-25(17-6-7-17)20(28)15-4-2-1-3-5-15)23-21-22-16(14-30-21)12-19(27)24-8-10-29-11-9-24/h1-5,14,17H,6-13H2,(H,22,23,26). The first-order valence-electron chi connectivity index (χ1n) is 10.1. The van der Waals surface area contributed by atoms with Crippen LogP contribution in [0.15, 0.2) is 35.7 Å². The van der Waals surface area contributed by atoms with Crippen LogP contribution in [-0.4, -0.2) is 71.4 Å². The van der Waals surface area contributed by atoms with E-state index in [0.29, 0.717) is 42.7 Å². The summed E-state index contributed by atoms with van der Waals surface area (Å²) in [6.45, 7) is 2.30.